The van der Waals surface area contributed by atoms with Gasteiger partial charge in [-0.1, -0.05) is 6.08 Å². The number of rotatable bonds is 6. The first-order chi connectivity index (χ1) is 12.6. The van der Waals surface area contributed by atoms with Gasteiger partial charge in [-0.05, 0) is 62.5 Å². The molecule has 1 aromatic rings. The van der Waals surface area contributed by atoms with E-state index < -0.39 is 11.6 Å². The minimum absolute atomic E-state index is 0.0449. The highest BCUT2D eigenvalue weighted by Crippen LogP contribution is 2.36. The lowest BCUT2D eigenvalue weighted by Crippen LogP contribution is -2.34. The summed E-state index contributed by atoms with van der Waals surface area (Å²) in [6.45, 7) is 5.05. The Morgan fingerprint density at radius 3 is 2.38 bits per heavy atom. The average molecular weight is 366 g/mol. The molecule has 3 rings (SSSR count). The predicted octanol–water partition coefficient (Wildman–Crippen LogP) is 5.14. The topological polar surface area (TPSA) is 27.7 Å². The molecule has 5 heteroatoms. The van der Waals surface area contributed by atoms with Crippen LogP contribution in [0.25, 0.3) is 0 Å². The Kier molecular flexibility index (Phi) is 6.52. The Hall–Kier alpha value is -1.62. The highest BCUT2D eigenvalue weighted by Gasteiger charge is 2.31. The quantitative estimate of drug-likeness (QED) is 0.653. The van der Waals surface area contributed by atoms with Crippen LogP contribution in [0.5, 0.6) is 11.5 Å². The molecule has 2 fully saturated rings. The molecule has 1 saturated carbocycles. The van der Waals surface area contributed by atoms with E-state index >= 15 is 0 Å². The van der Waals surface area contributed by atoms with Gasteiger partial charge in [0, 0.05) is 5.92 Å². The smallest absolute Gasteiger partial charge is 0.204 e. The van der Waals surface area contributed by atoms with Crippen molar-refractivity contribution in [1.82, 2.24) is 0 Å². The van der Waals surface area contributed by atoms with Crippen LogP contribution >= 0.6 is 0 Å². The lowest BCUT2D eigenvalue weighted by atomic mass is 9.77. The highest BCUT2D eigenvalue weighted by atomic mass is 19.2. The number of methoxy groups -OCH3 is 1. The minimum atomic E-state index is -0.999. The van der Waals surface area contributed by atoms with Gasteiger partial charge in [-0.25, -0.2) is 0 Å². The van der Waals surface area contributed by atoms with Crippen molar-refractivity contribution in [3.63, 3.8) is 0 Å². The molecule has 144 valence electrons. The molecule has 1 aromatic carbocycles. The second-order valence-electron chi connectivity index (χ2n) is 7.43. The highest BCUT2D eigenvalue weighted by molar-refractivity contribution is 5.34. The molecule has 0 N–H and O–H groups in total. The van der Waals surface area contributed by atoms with Crippen molar-refractivity contribution in [2.75, 3.05) is 20.3 Å². The van der Waals surface area contributed by atoms with E-state index in [2.05, 4.69) is 6.58 Å². The van der Waals surface area contributed by atoms with Gasteiger partial charge in [0.15, 0.2) is 11.5 Å². The summed E-state index contributed by atoms with van der Waals surface area (Å²) >= 11 is 0. The predicted molar refractivity (Wildman–Crippen MR) is 96.5 cm³/mol. The van der Waals surface area contributed by atoms with Crippen LogP contribution in [0, 0.1) is 29.4 Å². The summed E-state index contributed by atoms with van der Waals surface area (Å²) < 4.78 is 44.1. The normalized spacial score (nSPS) is 29.2. The molecule has 1 heterocycles. The Balaban J connectivity index is 1.45. The van der Waals surface area contributed by atoms with E-state index in [-0.39, 0.29) is 11.5 Å². The van der Waals surface area contributed by atoms with Crippen molar-refractivity contribution in [2.24, 2.45) is 17.8 Å². The van der Waals surface area contributed by atoms with Gasteiger partial charge in [0.1, 0.15) is 0 Å². The molecule has 1 aliphatic heterocycles. The minimum Gasteiger partial charge on any atom is -0.494 e. The number of hydrogen-bond donors (Lipinski definition) is 0. The third-order valence-electron chi connectivity index (χ3n) is 5.80. The van der Waals surface area contributed by atoms with Crippen molar-refractivity contribution in [3.8, 4) is 11.5 Å². The fraction of sp³-hybridized carbons (Fsp3) is 0.619. The maximum absolute atomic E-state index is 14.0. The Labute approximate surface area is 154 Å². The molecular weight excluding hydrogens is 338 g/mol. The van der Waals surface area contributed by atoms with Crippen LogP contribution in [0.2, 0.25) is 0 Å². The first-order valence-electron chi connectivity index (χ1n) is 9.51. The standard InChI is InChI=1S/C21H28F2O3/c1-3-14-6-9-17(25-12-14)16-7-4-15(5-8-16)13-26-19-11-10-18(24-2)20(22)21(19)23/h3,10-11,14-17H,1,4-9,12-13H2,2H3. The molecule has 0 amide bonds. The second-order valence-corrected chi connectivity index (χ2v) is 7.43. The van der Waals surface area contributed by atoms with Gasteiger partial charge in [-0.2, -0.15) is 8.78 Å². The second kappa shape index (κ2) is 8.85. The molecule has 0 radical (unpaired) electrons. The maximum atomic E-state index is 14.0. The monoisotopic (exact) mass is 366 g/mol. The third kappa shape index (κ3) is 4.37. The number of halogens is 2. The Bertz CT molecular complexity index is 604. The zero-order chi connectivity index (χ0) is 18.5. The van der Waals surface area contributed by atoms with Crippen LogP contribution in [-0.2, 0) is 4.74 Å². The molecule has 2 atom stereocenters. The average Bonchev–Trinajstić information content (AvgIpc) is 2.70. The zero-order valence-electron chi connectivity index (χ0n) is 15.4. The lowest BCUT2D eigenvalue weighted by Gasteiger charge is -2.37. The summed E-state index contributed by atoms with van der Waals surface area (Å²) in [7, 11) is 1.31. The van der Waals surface area contributed by atoms with Crippen molar-refractivity contribution < 1.29 is 23.0 Å². The lowest BCUT2D eigenvalue weighted by molar-refractivity contribution is -0.0503. The summed E-state index contributed by atoms with van der Waals surface area (Å²) in [4.78, 5) is 0. The van der Waals surface area contributed by atoms with Crippen LogP contribution in [-0.4, -0.2) is 26.4 Å². The Morgan fingerprint density at radius 1 is 1.08 bits per heavy atom. The van der Waals surface area contributed by atoms with E-state index in [0.717, 1.165) is 38.7 Å². The van der Waals surface area contributed by atoms with Crippen LogP contribution in [0.15, 0.2) is 24.8 Å². The third-order valence-corrected chi connectivity index (χ3v) is 5.80. The van der Waals surface area contributed by atoms with E-state index in [1.807, 2.05) is 6.08 Å². The number of hydrogen-bond acceptors (Lipinski definition) is 3. The fourth-order valence-electron chi connectivity index (χ4n) is 4.07. The van der Waals surface area contributed by atoms with E-state index in [4.69, 9.17) is 14.2 Å². The van der Waals surface area contributed by atoms with Gasteiger partial charge in [0.25, 0.3) is 0 Å². The molecule has 0 spiro atoms. The van der Waals surface area contributed by atoms with Crippen LogP contribution in [0.4, 0.5) is 8.78 Å². The van der Waals surface area contributed by atoms with Gasteiger partial charge in [-0.3, -0.25) is 0 Å². The van der Waals surface area contributed by atoms with Gasteiger partial charge in [0.05, 0.1) is 26.4 Å². The Morgan fingerprint density at radius 2 is 1.77 bits per heavy atom. The molecule has 3 nitrogen and oxygen atoms in total. The van der Waals surface area contributed by atoms with Crippen LogP contribution in [0.1, 0.15) is 38.5 Å². The maximum Gasteiger partial charge on any atom is 0.204 e. The largest absolute Gasteiger partial charge is 0.494 e. The summed E-state index contributed by atoms with van der Waals surface area (Å²) in [6.07, 6.45) is 8.92. The van der Waals surface area contributed by atoms with E-state index in [1.54, 1.807) is 0 Å². The first kappa shape index (κ1) is 19.2. The van der Waals surface area contributed by atoms with Crippen molar-refractivity contribution >= 4 is 0 Å². The van der Waals surface area contributed by atoms with Crippen LogP contribution < -0.4 is 9.47 Å². The van der Waals surface area contributed by atoms with Crippen LogP contribution in [0.3, 0.4) is 0 Å². The molecular formula is C21H28F2O3. The number of ether oxygens (including phenoxy) is 3. The van der Waals surface area contributed by atoms with E-state index in [1.165, 1.54) is 25.7 Å². The molecule has 2 aliphatic rings. The van der Waals surface area contributed by atoms with E-state index in [9.17, 15) is 8.78 Å². The van der Waals surface area contributed by atoms with Crippen molar-refractivity contribution in [1.29, 1.82) is 0 Å². The summed E-state index contributed by atoms with van der Waals surface area (Å²) in [5, 5.41) is 0. The molecule has 0 bridgehead atoms. The fourth-order valence-corrected chi connectivity index (χ4v) is 4.07. The summed E-state index contributed by atoms with van der Waals surface area (Å²) in [5.41, 5.74) is 0. The van der Waals surface area contributed by atoms with Gasteiger partial charge < -0.3 is 14.2 Å². The number of benzene rings is 1. The van der Waals surface area contributed by atoms with E-state index in [0.29, 0.717) is 30.5 Å². The zero-order valence-corrected chi connectivity index (χ0v) is 15.4. The van der Waals surface area contributed by atoms with Crippen molar-refractivity contribution in [3.05, 3.63) is 36.4 Å². The molecule has 26 heavy (non-hydrogen) atoms. The summed E-state index contributed by atoms with van der Waals surface area (Å²) in [6, 6.07) is 2.82. The van der Waals surface area contributed by atoms with Gasteiger partial charge in [-0.15, -0.1) is 6.58 Å². The van der Waals surface area contributed by atoms with Gasteiger partial charge >= 0.3 is 0 Å². The summed E-state index contributed by atoms with van der Waals surface area (Å²) in [5.74, 6) is -0.660. The first-order valence-corrected chi connectivity index (χ1v) is 9.51. The van der Waals surface area contributed by atoms with Gasteiger partial charge in [0.2, 0.25) is 11.6 Å². The van der Waals surface area contributed by atoms with Crippen molar-refractivity contribution in [2.45, 2.75) is 44.6 Å². The molecule has 1 saturated heterocycles. The molecule has 2 unspecified atom stereocenters. The molecule has 1 aliphatic carbocycles. The SMILES string of the molecule is C=CC1CCC(C2CCC(COc3ccc(OC)c(F)c3F)CC2)OC1. The molecule has 0 aromatic heterocycles.